The minimum Gasteiger partial charge on any atom is -0.467 e. The zero-order valence-corrected chi connectivity index (χ0v) is 20.2. The molecule has 1 N–H and O–H groups in total. The number of carbonyl (C=O) groups excluding carboxylic acids is 2. The van der Waals surface area contributed by atoms with Gasteiger partial charge in [0, 0.05) is 17.8 Å². The van der Waals surface area contributed by atoms with E-state index >= 15 is 0 Å². The molecule has 2 aromatic heterocycles. The van der Waals surface area contributed by atoms with Crippen LogP contribution in [0.1, 0.15) is 43.9 Å². The minimum atomic E-state index is -1.03. The van der Waals surface area contributed by atoms with Crippen molar-refractivity contribution < 1.29 is 23.5 Å². The summed E-state index contributed by atoms with van der Waals surface area (Å²) in [4.78, 5) is 29.3. The number of amides is 2. The van der Waals surface area contributed by atoms with Gasteiger partial charge in [-0.15, -0.1) is 5.10 Å². The molecular weight excluding hydrogens is 474 g/mol. The molecule has 1 fully saturated rings. The maximum atomic E-state index is 14.0. The molecule has 0 unspecified atom stereocenters. The van der Waals surface area contributed by atoms with E-state index in [9.17, 15) is 9.59 Å². The highest BCUT2D eigenvalue weighted by atomic mass is 16.7. The first-order chi connectivity index (χ1) is 18.2. The molecule has 3 heterocycles. The Bertz CT molecular complexity index is 1410. The molecule has 37 heavy (non-hydrogen) atoms. The van der Waals surface area contributed by atoms with Crippen molar-refractivity contribution in [1.29, 1.82) is 0 Å². The number of carbonyl (C=O) groups is 2. The maximum Gasteiger partial charge on any atom is 0.251 e. The van der Waals surface area contributed by atoms with Crippen molar-refractivity contribution in [3.05, 3.63) is 66.6 Å². The third-order valence-corrected chi connectivity index (χ3v) is 6.88. The number of nitrogens with one attached hydrogen (secondary N) is 1. The highest BCUT2D eigenvalue weighted by Crippen LogP contribution is 2.38. The van der Waals surface area contributed by atoms with Gasteiger partial charge in [0.25, 0.3) is 5.91 Å². The summed E-state index contributed by atoms with van der Waals surface area (Å²) in [5.41, 5.74) is 1.89. The second-order valence-electron chi connectivity index (χ2n) is 9.30. The second kappa shape index (κ2) is 9.96. The van der Waals surface area contributed by atoms with Crippen LogP contribution in [-0.4, -0.2) is 39.6 Å². The molecule has 6 rings (SSSR count). The molecule has 2 amide bonds. The Morgan fingerprint density at radius 3 is 2.70 bits per heavy atom. The Labute approximate surface area is 213 Å². The molecular formula is C27H27N5O5. The fraction of sp³-hybridized carbons (Fsp3) is 0.333. The zero-order chi connectivity index (χ0) is 25.2. The second-order valence-corrected chi connectivity index (χ2v) is 9.30. The summed E-state index contributed by atoms with van der Waals surface area (Å²) in [7, 11) is 0. The van der Waals surface area contributed by atoms with E-state index in [1.807, 2.05) is 24.3 Å². The first kappa shape index (κ1) is 23.1. The number of rotatable bonds is 7. The third kappa shape index (κ3) is 4.62. The van der Waals surface area contributed by atoms with Crippen LogP contribution in [0, 0.1) is 0 Å². The van der Waals surface area contributed by atoms with Gasteiger partial charge in [0.05, 0.1) is 11.8 Å². The molecule has 2 aromatic carbocycles. The number of furan rings is 1. The predicted molar refractivity (Wildman–Crippen MR) is 134 cm³/mol. The van der Waals surface area contributed by atoms with Crippen LogP contribution in [0.5, 0.6) is 11.5 Å². The normalized spacial score (nSPS) is 16.0. The van der Waals surface area contributed by atoms with Crippen LogP contribution < -0.4 is 19.7 Å². The van der Waals surface area contributed by atoms with Crippen LogP contribution in [0.3, 0.4) is 0 Å². The molecule has 1 aliphatic carbocycles. The van der Waals surface area contributed by atoms with Crippen molar-refractivity contribution in [1.82, 2.24) is 20.3 Å². The van der Waals surface area contributed by atoms with Gasteiger partial charge in [-0.2, -0.15) is 0 Å². The van der Waals surface area contributed by atoms with E-state index < -0.39 is 6.04 Å². The molecule has 1 saturated carbocycles. The van der Waals surface area contributed by atoms with Crippen LogP contribution in [-0.2, 0) is 16.1 Å². The summed E-state index contributed by atoms with van der Waals surface area (Å²) >= 11 is 0. The molecule has 0 saturated heterocycles. The molecule has 4 aromatic rings. The first-order valence-electron chi connectivity index (χ1n) is 12.5. The smallest absolute Gasteiger partial charge is 0.251 e. The van der Waals surface area contributed by atoms with E-state index in [1.165, 1.54) is 22.3 Å². The van der Waals surface area contributed by atoms with Gasteiger partial charge >= 0.3 is 0 Å². The number of ether oxygens (including phenoxy) is 2. The number of hydrogen-bond donors (Lipinski definition) is 1. The number of fused-ring (bicyclic) bond motifs is 2. The SMILES string of the molecule is O=C(NC1CCCCC1)[C@@H](c1ccco1)N(C(=O)Cn1nnc2ccccc21)c1ccc2c(c1)OCO2. The van der Waals surface area contributed by atoms with Crippen LogP contribution in [0.4, 0.5) is 5.69 Å². The molecule has 1 aliphatic heterocycles. The molecule has 1 atom stereocenters. The monoisotopic (exact) mass is 501 g/mol. The maximum absolute atomic E-state index is 14.0. The molecule has 2 aliphatic rings. The van der Waals surface area contributed by atoms with Crippen molar-refractivity contribution in [2.24, 2.45) is 0 Å². The van der Waals surface area contributed by atoms with Crippen molar-refractivity contribution >= 4 is 28.5 Å². The lowest BCUT2D eigenvalue weighted by molar-refractivity contribution is -0.128. The average molecular weight is 502 g/mol. The fourth-order valence-electron chi connectivity index (χ4n) is 5.06. The Hall–Kier alpha value is -4.34. The molecule has 10 heteroatoms. The van der Waals surface area contributed by atoms with Crippen LogP contribution in [0.25, 0.3) is 11.0 Å². The van der Waals surface area contributed by atoms with Crippen molar-refractivity contribution in [2.45, 2.75) is 50.7 Å². The largest absolute Gasteiger partial charge is 0.467 e. The Morgan fingerprint density at radius 2 is 1.86 bits per heavy atom. The van der Waals surface area contributed by atoms with E-state index in [0.29, 0.717) is 28.5 Å². The number of hydrogen-bond acceptors (Lipinski definition) is 7. The summed E-state index contributed by atoms with van der Waals surface area (Å²) in [6, 6.07) is 15.1. The topological polar surface area (TPSA) is 112 Å². The predicted octanol–water partition coefficient (Wildman–Crippen LogP) is 3.98. The van der Waals surface area contributed by atoms with E-state index in [1.54, 1.807) is 30.3 Å². The molecule has 190 valence electrons. The Balaban J connectivity index is 1.39. The van der Waals surface area contributed by atoms with Gasteiger partial charge in [0.1, 0.15) is 17.8 Å². The van der Waals surface area contributed by atoms with E-state index in [0.717, 1.165) is 31.2 Å². The number of para-hydroxylation sites is 1. The van der Waals surface area contributed by atoms with Gasteiger partial charge in [-0.1, -0.05) is 36.6 Å². The van der Waals surface area contributed by atoms with Crippen molar-refractivity contribution in [2.75, 3.05) is 11.7 Å². The van der Waals surface area contributed by atoms with Gasteiger partial charge in [-0.05, 0) is 49.2 Å². The quantitative estimate of drug-likeness (QED) is 0.408. The number of aromatic nitrogens is 3. The lowest BCUT2D eigenvalue weighted by Gasteiger charge is -2.32. The fourth-order valence-corrected chi connectivity index (χ4v) is 5.06. The summed E-state index contributed by atoms with van der Waals surface area (Å²) in [5, 5.41) is 11.5. The minimum absolute atomic E-state index is 0.0617. The number of benzene rings is 2. The summed E-state index contributed by atoms with van der Waals surface area (Å²) in [6.45, 7) is -0.0235. The highest BCUT2D eigenvalue weighted by molar-refractivity contribution is 6.01. The lowest BCUT2D eigenvalue weighted by atomic mass is 9.95. The van der Waals surface area contributed by atoms with E-state index in [-0.39, 0.29) is 31.2 Å². The van der Waals surface area contributed by atoms with Crippen molar-refractivity contribution in [3.8, 4) is 11.5 Å². The van der Waals surface area contributed by atoms with Gasteiger partial charge < -0.3 is 19.2 Å². The third-order valence-electron chi connectivity index (χ3n) is 6.88. The van der Waals surface area contributed by atoms with Gasteiger partial charge in [-0.3, -0.25) is 14.5 Å². The summed E-state index contributed by atoms with van der Waals surface area (Å²) in [5.74, 6) is 0.806. The van der Waals surface area contributed by atoms with Gasteiger partial charge in [0.15, 0.2) is 17.5 Å². The summed E-state index contributed by atoms with van der Waals surface area (Å²) < 4.78 is 18.3. The number of anilines is 1. The first-order valence-corrected chi connectivity index (χ1v) is 12.5. The Morgan fingerprint density at radius 1 is 1.03 bits per heavy atom. The standard InChI is InChI=1S/C27H27N5O5/c33-25(16-31-21-10-5-4-9-20(21)29-30-31)32(19-12-13-22-24(15-19)37-17-36-22)26(23-11-6-14-35-23)27(34)28-18-7-2-1-3-8-18/h4-6,9-15,18,26H,1-3,7-8,16-17H2,(H,28,34)/t26-/m1/s1. The number of nitrogens with zero attached hydrogens (tertiary/aromatic N) is 4. The van der Waals surface area contributed by atoms with E-state index in [2.05, 4.69) is 15.6 Å². The van der Waals surface area contributed by atoms with E-state index in [4.69, 9.17) is 13.9 Å². The molecule has 10 nitrogen and oxygen atoms in total. The van der Waals surface area contributed by atoms with Gasteiger partial charge in [0.2, 0.25) is 12.7 Å². The Kier molecular flexibility index (Phi) is 6.21. The summed E-state index contributed by atoms with van der Waals surface area (Å²) in [6.07, 6.45) is 6.64. The molecule has 0 radical (unpaired) electrons. The molecule has 0 spiro atoms. The lowest BCUT2D eigenvalue weighted by Crippen LogP contribution is -2.48. The molecule has 0 bridgehead atoms. The van der Waals surface area contributed by atoms with Crippen LogP contribution >= 0.6 is 0 Å². The van der Waals surface area contributed by atoms with Crippen LogP contribution in [0.2, 0.25) is 0 Å². The van der Waals surface area contributed by atoms with Gasteiger partial charge in [-0.25, -0.2) is 4.68 Å². The highest BCUT2D eigenvalue weighted by Gasteiger charge is 2.37. The van der Waals surface area contributed by atoms with Crippen LogP contribution in [0.15, 0.2) is 65.3 Å². The van der Waals surface area contributed by atoms with Crippen molar-refractivity contribution in [3.63, 3.8) is 0 Å². The zero-order valence-electron chi connectivity index (χ0n) is 20.2. The average Bonchev–Trinajstić information content (AvgIpc) is 3.69.